The van der Waals surface area contributed by atoms with Crippen LogP contribution in [0.4, 0.5) is 4.39 Å². The molecule has 0 radical (unpaired) electrons. The van der Waals surface area contributed by atoms with Crippen LogP contribution >= 0.6 is 15.9 Å². The molecule has 0 spiro atoms. The summed E-state index contributed by atoms with van der Waals surface area (Å²) in [6.45, 7) is 7.19. The lowest BCUT2D eigenvalue weighted by Gasteiger charge is -2.17. The first-order valence-corrected chi connectivity index (χ1v) is 7.84. The summed E-state index contributed by atoms with van der Waals surface area (Å²) in [6.07, 6.45) is 1.07. The Morgan fingerprint density at radius 2 is 2.10 bits per heavy atom. The van der Waals surface area contributed by atoms with E-state index in [1.165, 1.54) is 12.1 Å². The number of hydrogen-bond donors (Lipinski definition) is 1. The monoisotopic (exact) mass is 355 g/mol. The van der Waals surface area contributed by atoms with E-state index in [9.17, 15) is 4.39 Å². The molecule has 0 saturated carbocycles. The zero-order chi connectivity index (χ0) is 15.4. The van der Waals surface area contributed by atoms with Crippen LogP contribution < -0.4 is 5.32 Å². The Balaban J connectivity index is 2.17. The highest BCUT2D eigenvalue weighted by Gasteiger charge is 2.21. The van der Waals surface area contributed by atoms with Crippen molar-refractivity contribution < 1.29 is 8.91 Å². The Kier molecular flexibility index (Phi) is 5.47. The largest absolute Gasteiger partial charge is 0.339 e. The summed E-state index contributed by atoms with van der Waals surface area (Å²) in [7, 11) is 0. The summed E-state index contributed by atoms with van der Waals surface area (Å²) in [4.78, 5) is 4.39. The van der Waals surface area contributed by atoms with Gasteiger partial charge in [-0.2, -0.15) is 4.98 Å². The first-order valence-electron chi connectivity index (χ1n) is 7.04. The molecular weight excluding hydrogens is 337 g/mol. The third-order valence-corrected chi connectivity index (χ3v) is 3.88. The Labute approximate surface area is 132 Å². The first kappa shape index (κ1) is 16.1. The second-order valence-corrected chi connectivity index (χ2v) is 6.06. The highest BCUT2D eigenvalue weighted by atomic mass is 79.9. The second-order valence-electron chi connectivity index (χ2n) is 5.15. The highest BCUT2D eigenvalue weighted by molar-refractivity contribution is 9.10. The first-order chi connectivity index (χ1) is 10.0. The van der Waals surface area contributed by atoms with E-state index in [1.54, 1.807) is 6.07 Å². The zero-order valence-corrected chi connectivity index (χ0v) is 13.9. The number of aromatic nitrogens is 2. The molecule has 1 aromatic carbocycles. The second kappa shape index (κ2) is 7.13. The summed E-state index contributed by atoms with van der Waals surface area (Å²) in [5.41, 5.74) is 0.596. The van der Waals surface area contributed by atoms with Crippen molar-refractivity contribution >= 4 is 15.9 Å². The van der Waals surface area contributed by atoms with Crippen molar-refractivity contribution in [2.45, 2.75) is 39.2 Å². The van der Waals surface area contributed by atoms with Gasteiger partial charge in [-0.1, -0.05) is 34.9 Å². The molecule has 2 unspecified atom stereocenters. The van der Waals surface area contributed by atoms with Gasteiger partial charge in [0.15, 0.2) is 0 Å². The molecule has 0 bridgehead atoms. The predicted octanol–water partition coefficient (Wildman–Crippen LogP) is 4.13. The number of nitrogens with zero attached hydrogens (tertiary/aromatic N) is 2. The van der Waals surface area contributed by atoms with Gasteiger partial charge in [-0.25, -0.2) is 4.39 Å². The van der Waals surface area contributed by atoms with E-state index in [1.807, 2.05) is 6.92 Å². The third kappa shape index (κ3) is 4.11. The number of nitrogens with one attached hydrogen (secondary N) is 1. The molecule has 0 aliphatic carbocycles. The standard InChI is InChI=1S/C15H19BrFN3O/c1-4-5-18-10(3)9(2)15-19-14(20-21-15)11-6-12(16)8-13(17)7-11/h6-10,18H,4-5H2,1-3H3. The molecule has 4 nitrogen and oxygen atoms in total. The van der Waals surface area contributed by atoms with E-state index in [0.29, 0.717) is 21.8 Å². The number of hydrogen-bond acceptors (Lipinski definition) is 4. The van der Waals surface area contributed by atoms with Gasteiger partial charge < -0.3 is 9.84 Å². The van der Waals surface area contributed by atoms with Crippen LogP contribution in [0.5, 0.6) is 0 Å². The summed E-state index contributed by atoms with van der Waals surface area (Å²) in [5.74, 6) is 0.716. The molecule has 0 aliphatic rings. The molecule has 0 aliphatic heterocycles. The van der Waals surface area contributed by atoms with Gasteiger partial charge in [-0.05, 0) is 38.1 Å². The van der Waals surface area contributed by atoms with Crippen LogP contribution in [0.3, 0.4) is 0 Å². The topological polar surface area (TPSA) is 51.0 Å². The minimum atomic E-state index is -0.336. The smallest absolute Gasteiger partial charge is 0.231 e. The molecule has 1 N–H and O–H groups in total. The van der Waals surface area contributed by atoms with Crippen LogP contribution in [0.25, 0.3) is 11.4 Å². The van der Waals surface area contributed by atoms with E-state index in [2.05, 4.69) is 45.2 Å². The maximum Gasteiger partial charge on any atom is 0.231 e. The molecule has 0 amide bonds. The molecule has 114 valence electrons. The van der Waals surface area contributed by atoms with Gasteiger partial charge in [0.2, 0.25) is 11.7 Å². The van der Waals surface area contributed by atoms with Crippen molar-refractivity contribution in [1.82, 2.24) is 15.5 Å². The van der Waals surface area contributed by atoms with E-state index >= 15 is 0 Å². The van der Waals surface area contributed by atoms with Crippen LogP contribution in [0.15, 0.2) is 27.2 Å². The predicted molar refractivity (Wildman–Crippen MR) is 83.6 cm³/mol. The van der Waals surface area contributed by atoms with Gasteiger partial charge in [0.05, 0.1) is 5.92 Å². The number of halogens is 2. The van der Waals surface area contributed by atoms with E-state index in [4.69, 9.17) is 4.52 Å². The van der Waals surface area contributed by atoms with Crippen LogP contribution in [0.1, 0.15) is 39.0 Å². The van der Waals surface area contributed by atoms with Gasteiger partial charge in [-0.15, -0.1) is 0 Å². The molecule has 2 rings (SSSR count). The average molecular weight is 356 g/mol. The lowest BCUT2D eigenvalue weighted by molar-refractivity contribution is 0.331. The van der Waals surface area contributed by atoms with E-state index in [0.717, 1.165) is 13.0 Å². The normalized spacial score (nSPS) is 14.1. The van der Waals surface area contributed by atoms with E-state index < -0.39 is 0 Å². The Morgan fingerprint density at radius 1 is 1.33 bits per heavy atom. The molecule has 2 atom stereocenters. The summed E-state index contributed by atoms with van der Waals surface area (Å²) in [5, 5.41) is 7.35. The zero-order valence-electron chi connectivity index (χ0n) is 12.4. The van der Waals surface area contributed by atoms with Crippen molar-refractivity contribution in [3.8, 4) is 11.4 Å². The van der Waals surface area contributed by atoms with Crippen LogP contribution in [0, 0.1) is 5.82 Å². The summed E-state index contributed by atoms with van der Waals surface area (Å²) >= 11 is 3.26. The highest BCUT2D eigenvalue weighted by Crippen LogP contribution is 2.25. The average Bonchev–Trinajstić information content (AvgIpc) is 2.92. The van der Waals surface area contributed by atoms with E-state index in [-0.39, 0.29) is 17.8 Å². The Hall–Kier alpha value is -1.27. The van der Waals surface area contributed by atoms with Gasteiger partial charge in [0, 0.05) is 16.1 Å². The quantitative estimate of drug-likeness (QED) is 0.846. The lowest BCUT2D eigenvalue weighted by Crippen LogP contribution is -2.31. The fourth-order valence-electron chi connectivity index (χ4n) is 1.98. The van der Waals surface area contributed by atoms with Crippen molar-refractivity contribution in [3.63, 3.8) is 0 Å². The maximum atomic E-state index is 13.4. The molecule has 21 heavy (non-hydrogen) atoms. The number of benzene rings is 1. The van der Waals surface area contributed by atoms with Gasteiger partial charge in [0.1, 0.15) is 5.82 Å². The fourth-order valence-corrected chi connectivity index (χ4v) is 2.45. The third-order valence-electron chi connectivity index (χ3n) is 3.42. The molecule has 0 saturated heterocycles. The molecule has 2 aromatic rings. The molecule has 1 heterocycles. The van der Waals surface area contributed by atoms with Crippen molar-refractivity contribution in [2.75, 3.05) is 6.54 Å². The van der Waals surface area contributed by atoms with Crippen molar-refractivity contribution in [3.05, 3.63) is 34.4 Å². The minimum Gasteiger partial charge on any atom is -0.339 e. The lowest BCUT2D eigenvalue weighted by atomic mass is 10.0. The maximum absolute atomic E-state index is 13.4. The van der Waals surface area contributed by atoms with Crippen LogP contribution in [-0.4, -0.2) is 22.7 Å². The SMILES string of the molecule is CCCNC(C)C(C)c1nc(-c2cc(F)cc(Br)c2)no1. The van der Waals surface area contributed by atoms with Gasteiger partial charge in [-0.3, -0.25) is 0 Å². The Bertz CT molecular complexity index is 582. The molecule has 6 heteroatoms. The Morgan fingerprint density at radius 3 is 2.76 bits per heavy atom. The van der Waals surface area contributed by atoms with Crippen molar-refractivity contribution in [1.29, 1.82) is 0 Å². The summed E-state index contributed by atoms with van der Waals surface area (Å²) < 4.78 is 19.4. The molecular formula is C15H19BrFN3O. The van der Waals surface area contributed by atoms with Crippen LogP contribution in [-0.2, 0) is 0 Å². The minimum absolute atomic E-state index is 0.0924. The fraction of sp³-hybridized carbons (Fsp3) is 0.467. The summed E-state index contributed by atoms with van der Waals surface area (Å²) in [6, 6.07) is 4.78. The molecule has 0 fully saturated rings. The number of rotatable bonds is 6. The molecule has 1 aromatic heterocycles. The van der Waals surface area contributed by atoms with Crippen molar-refractivity contribution in [2.24, 2.45) is 0 Å². The van der Waals surface area contributed by atoms with Gasteiger partial charge >= 0.3 is 0 Å². The van der Waals surface area contributed by atoms with Crippen LogP contribution in [0.2, 0.25) is 0 Å². The van der Waals surface area contributed by atoms with Gasteiger partial charge in [0.25, 0.3) is 0 Å².